The Morgan fingerprint density at radius 3 is 2.40 bits per heavy atom. The first kappa shape index (κ1) is 16.5. The van der Waals surface area contributed by atoms with Gasteiger partial charge in [-0.2, -0.15) is 0 Å². The maximum absolute atomic E-state index is 4.64. The van der Waals surface area contributed by atoms with Gasteiger partial charge < -0.3 is 9.80 Å². The van der Waals surface area contributed by atoms with Crippen molar-refractivity contribution in [1.29, 1.82) is 0 Å². The van der Waals surface area contributed by atoms with Crippen LogP contribution in [-0.2, 0) is 6.54 Å². The first-order valence-electron chi connectivity index (χ1n) is 9.33. The highest BCUT2D eigenvalue weighted by Gasteiger charge is 2.26. The van der Waals surface area contributed by atoms with Crippen LogP contribution in [0.25, 0.3) is 0 Å². The summed E-state index contributed by atoms with van der Waals surface area (Å²) in [4.78, 5) is 16.5. The molecule has 2 aromatic rings. The fourth-order valence-corrected chi connectivity index (χ4v) is 3.90. The van der Waals surface area contributed by atoms with E-state index in [1.807, 2.05) is 12.4 Å². The van der Waals surface area contributed by atoms with Crippen LogP contribution < -0.4 is 4.90 Å². The van der Waals surface area contributed by atoms with E-state index in [2.05, 4.69) is 62.0 Å². The van der Waals surface area contributed by atoms with E-state index in [0.29, 0.717) is 6.04 Å². The standard InChI is InChI=1S/C20H27N5/c1-23-10-12-24(13-11-23)20-21-14-17(15-22-20)16-25-9-5-8-19(25)18-6-3-2-4-7-18/h2-4,6-7,14-15,19H,5,8-13,16H2,1H3/t19-/m0/s1. The van der Waals surface area contributed by atoms with Gasteiger partial charge in [0.2, 0.25) is 5.95 Å². The van der Waals surface area contributed by atoms with Crippen LogP contribution in [0, 0.1) is 0 Å². The molecule has 0 amide bonds. The molecule has 132 valence electrons. The summed E-state index contributed by atoms with van der Waals surface area (Å²) in [5.74, 6) is 0.873. The van der Waals surface area contributed by atoms with E-state index in [0.717, 1.165) is 45.2 Å². The van der Waals surface area contributed by atoms with E-state index < -0.39 is 0 Å². The molecular formula is C20H27N5. The Hall–Kier alpha value is -1.98. The number of anilines is 1. The molecule has 0 spiro atoms. The van der Waals surface area contributed by atoms with Crippen molar-refractivity contribution in [2.45, 2.75) is 25.4 Å². The normalized spacial score (nSPS) is 22.4. The van der Waals surface area contributed by atoms with Crippen LogP contribution in [0.4, 0.5) is 5.95 Å². The van der Waals surface area contributed by atoms with Crippen LogP contribution in [0.1, 0.15) is 30.0 Å². The molecule has 3 heterocycles. The molecule has 0 saturated carbocycles. The number of hydrogen-bond donors (Lipinski definition) is 0. The second-order valence-electron chi connectivity index (χ2n) is 7.22. The van der Waals surface area contributed by atoms with E-state index in [-0.39, 0.29) is 0 Å². The van der Waals surface area contributed by atoms with Crippen LogP contribution in [0.5, 0.6) is 0 Å². The average Bonchev–Trinajstić information content (AvgIpc) is 3.12. The lowest BCUT2D eigenvalue weighted by Gasteiger charge is -2.32. The molecular weight excluding hydrogens is 310 g/mol. The molecule has 25 heavy (non-hydrogen) atoms. The van der Waals surface area contributed by atoms with Gasteiger partial charge in [-0.25, -0.2) is 9.97 Å². The number of likely N-dealkylation sites (N-methyl/N-ethyl adjacent to an activating group) is 1. The van der Waals surface area contributed by atoms with E-state index in [1.54, 1.807) is 0 Å². The molecule has 0 bridgehead atoms. The van der Waals surface area contributed by atoms with Crippen molar-refractivity contribution in [1.82, 2.24) is 19.8 Å². The second kappa shape index (κ2) is 7.50. The van der Waals surface area contributed by atoms with Gasteiger partial charge in [-0.1, -0.05) is 30.3 Å². The molecule has 2 aliphatic heterocycles. The number of aromatic nitrogens is 2. The topological polar surface area (TPSA) is 35.5 Å². The SMILES string of the molecule is CN1CCN(c2ncc(CN3CCC[C@H]3c3ccccc3)cn2)CC1. The Morgan fingerprint density at radius 2 is 1.68 bits per heavy atom. The molecule has 1 aromatic heterocycles. The van der Waals surface area contributed by atoms with Gasteiger partial charge in [0.1, 0.15) is 0 Å². The summed E-state index contributed by atoms with van der Waals surface area (Å²) in [6, 6.07) is 11.4. The van der Waals surface area contributed by atoms with Gasteiger partial charge in [0.05, 0.1) is 0 Å². The molecule has 2 aliphatic rings. The molecule has 0 unspecified atom stereocenters. The molecule has 5 nitrogen and oxygen atoms in total. The van der Waals surface area contributed by atoms with E-state index in [9.17, 15) is 0 Å². The minimum Gasteiger partial charge on any atom is -0.338 e. The third-order valence-electron chi connectivity index (χ3n) is 5.41. The van der Waals surface area contributed by atoms with Gasteiger partial charge in [-0.15, -0.1) is 0 Å². The van der Waals surface area contributed by atoms with E-state index >= 15 is 0 Å². The Labute approximate surface area is 150 Å². The fourth-order valence-electron chi connectivity index (χ4n) is 3.90. The Balaban J connectivity index is 1.41. The van der Waals surface area contributed by atoms with Crippen LogP contribution in [0.2, 0.25) is 0 Å². The summed E-state index contributed by atoms with van der Waals surface area (Å²) in [6.45, 7) is 6.27. The lowest BCUT2D eigenvalue weighted by molar-refractivity contribution is 0.248. The Morgan fingerprint density at radius 1 is 0.960 bits per heavy atom. The number of hydrogen-bond acceptors (Lipinski definition) is 5. The lowest BCUT2D eigenvalue weighted by atomic mass is 10.0. The number of benzene rings is 1. The van der Waals surface area contributed by atoms with Crippen LogP contribution in [0.15, 0.2) is 42.7 Å². The number of rotatable bonds is 4. The first-order valence-corrected chi connectivity index (χ1v) is 9.33. The zero-order valence-corrected chi connectivity index (χ0v) is 15.0. The number of piperazine rings is 1. The quantitative estimate of drug-likeness (QED) is 0.857. The summed E-state index contributed by atoms with van der Waals surface area (Å²) >= 11 is 0. The molecule has 0 aliphatic carbocycles. The third-order valence-corrected chi connectivity index (χ3v) is 5.41. The zero-order chi connectivity index (χ0) is 17.1. The van der Waals surface area contributed by atoms with Gasteiger partial charge in [-0.3, -0.25) is 4.90 Å². The predicted molar refractivity (Wildman–Crippen MR) is 101 cm³/mol. The highest BCUT2D eigenvalue weighted by atomic mass is 15.3. The number of likely N-dealkylation sites (tertiary alicyclic amines) is 1. The van der Waals surface area contributed by atoms with Gasteiger partial charge in [0.25, 0.3) is 0 Å². The van der Waals surface area contributed by atoms with Crippen molar-refractivity contribution in [3.8, 4) is 0 Å². The molecule has 1 aromatic carbocycles. The summed E-state index contributed by atoms with van der Waals surface area (Å²) in [7, 11) is 2.17. The minimum absolute atomic E-state index is 0.526. The smallest absolute Gasteiger partial charge is 0.225 e. The monoisotopic (exact) mass is 337 g/mol. The van der Waals surface area contributed by atoms with Crippen molar-refractivity contribution in [3.63, 3.8) is 0 Å². The second-order valence-corrected chi connectivity index (χ2v) is 7.22. The van der Waals surface area contributed by atoms with Crippen molar-refractivity contribution in [2.24, 2.45) is 0 Å². The van der Waals surface area contributed by atoms with Crippen molar-refractivity contribution < 1.29 is 0 Å². The fraction of sp³-hybridized carbons (Fsp3) is 0.500. The molecule has 2 saturated heterocycles. The van der Waals surface area contributed by atoms with Crippen LogP contribution in [0.3, 0.4) is 0 Å². The summed E-state index contributed by atoms with van der Waals surface area (Å²) in [5.41, 5.74) is 2.63. The van der Waals surface area contributed by atoms with Crippen LogP contribution in [-0.4, -0.2) is 59.5 Å². The van der Waals surface area contributed by atoms with E-state index in [4.69, 9.17) is 0 Å². The summed E-state index contributed by atoms with van der Waals surface area (Å²) in [6.07, 6.45) is 6.53. The molecule has 4 rings (SSSR count). The van der Waals surface area contributed by atoms with Crippen molar-refractivity contribution in [2.75, 3.05) is 44.7 Å². The highest BCUT2D eigenvalue weighted by molar-refractivity contribution is 5.31. The Bertz CT molecular complexity index is 664. The van der Waals surface area contributed by atoms with Gasteiger partial charge >= 0.3 is 0 Å². The highest BCUT2D eigenvalue weighted by Crippen LogP contribution is 2.32. The summed E-state index contributed by atoms with van der Waals surface area (Å²) in [5, 5.41) is 0. The maximum Gasteiger partial charge on any atom is 0.225 e. The molecule has 0 N–H and O–H groups in total. The molecule has 2 fully saturated rings. The third kappa shape index (κ3) is 3.83. The largest absolute Gasteiger partial charge is 0.338 e. The summed E-state index contributed by atoms with van der Waals surface area (Å²) < 4.78 is 0. The van der Waals surface area contributed by atoms with Crippen molar-refractivity contribution in [3.05, 3.63) is 53.9 Å². The first-order chi connectivity index (χ1) is 12.3. The minimum atomic E-state index is 0.526. The number of nitrogens with zero attached hydrogens (tertiary/aromatic N) is 5. The van der Waals surface area contributed by atoms with Gasteiger partial charge in [-0.05, 0) is 32.0 Å². The molecule has 5 heteroatoms. The van der Waals surface area contributed by atoms with E-state index in [1.165, 1.54) is 24.0 Å². The Kier molecular flexibility index (Phi) is 4.95. The van der Waals surface area contributed by atoms with Gasteiger partial charge in [0.15, 0.2) is 0 Å². The maximum atomic E-state index is 4.64. The predicted octanol–water partition coefficient (Wildman–Crippen LogP) is 2.57. The lowest BCUT2D eigenvalue weighted by Crippen LogP contribution is -2.45. The van der Waals surface area contributed by atoms with Crippen LogP contribution >= 0.6 is 0 Å². The molecule has 1 atom stereocenters. The molecule has 0 radical (unpaired) electrons. The zero-order valence-electron chi connectivity index (χ0n) is 15.0. The van der Waals surface area contributed by atoms with Crippen molar-refractivity contribution >= 4 is 5.95 Å². The van der Waals surface area contributed by atoms with Gasteiger partial charge in [0, 0.05) is 56.7 Å². The average molecular weight is 337 g/mol.